The molecule has 2 amide bonds. The number of carbonyl (C=O) groups is 2. The SMILES string of the molecule is CN(CCN1C(=O)c2cc3occc3n2CC1(C)C(=O)NC1CCCCC1)C1CCCCC1. The van der Waals surface area contributed by atoms with Crippen LogP contribution in [0.4, 0.5) is 0 Å². The van der Waals surface area contributed by atoms with E-state index in [0.29, 0.717) is 30.4 Å². The fourth-order valence-corrected chi connectivity index (χ4v) is 6.17. The predicted octanol–water partition coefficient (Wildman–Crippen LogP) is 4.16. The topological polar surface area (TPSA) is 70.7 Å². The third-order valence-electron chi connectivity index (χ3n) is 8.35. The van der Waals surface area contributed by atoms with E-state index in [9.17, 15) is 9.59 Å². The largest absolute Gasteiger partial charge is 0.463 e. The van der Waals surface area contributed by atoms with Crippen LogP contribution in [0.25, 0.3) is 11.1 Å². The number of furan rings is 1. The Balaban J connectivity index is 1.40. The summed E-state index contributed by atoms with van der Waals surface area (Å²) < 4.78 is 7.56. The van der Waals surface area contributed by atoms with E-state index in [1.165, 1.54) is 38.5 Å². The molecule has 3 heterocycles. The Bertz CT molecular complexity index is 999. The number of fused-ring (bicyclic) bond motifs is 3. The van der Waals surface area contributed by atoms with Gasteiger partial charge in [-0.05, 0) is 39.7 Å². The van der Waals surface area contributed by atoms with Gasteiger partial charge in [-0.3, -0.25) is 9.59 Å². The molecule has 7 nitrogen and oxygen atoms in total. The standard InChI is InChI=1S/C26H38N4O3/c1-26(25(32)27-19-9-5-3-6-10-19)18-29-21-13-16-33-23(21)17-22(29)24(31)30(26)15-14-28(2)20-11-7-4-8-12-20/h13,16-17,19-20H,3-12,14-15,18H2,1-2H3,(H,27,32). The minimum absolute atomic E-state index is 0.0286. The number of carbonyl (C=O) groups excluding carboxylic acids is 2. The smallest absolute Gasteiger partial charge is 0.271 e. The average molecular weight is 455 g/mol. The van der Waals surface area contributed by atoms with Crippen LogP contribution in [0.3, 0.4) is 0 Å². The van der Waals surface area contributed by atoms with Gasteiger partial charge in [0, 0.05) is 37.3 Å². The highest BCUT2D eigenvalue weighted by molar-refractivity contribution is 6.02. The molecule has 7 heteroatoms. The summed E-state index contributed by atoms with van der Waals surface area (Å²) in [5.74, 6) is -0.106. The summed E-state index contributed by atoms with van der Waals surface area (Å²) in [6.45, 7) is 3.72. The van der Waals surface area contributed by atoms with E-state index in [-0.39, 0.29) is 17.9 Å². The van der Waals surface area contributed by atoms with Gasteiger partial charge in [0.15, 0.2) is 5.58 Å². The zero-order valence-corrected chi connectivity index (χ0v) is 20.1. The molecule has 5 rings (SSSR count). The molecule has 2 saturated carbocycles. The predicted molar refractivity (Wildman–Crippen MR) is 128 cm³/mol. The maximum absolute atomic E-state index is 13.8. The summed E-state index contributed by atoms with van der Waals surface area (Å²) in [6, 6.07) is 4.50. The van der Waals surface area contributed by atoms with Gasteiger partial charge in [0.25, 0.3) is 5.91 Å². The van der Waals surface area contributed by atoms with E-state index in [4.69, 9.17) is 4.42 Å². The fourth-order valence-electron chi connectivity index (χ4n) is 6.17. The lowest BCUT2D eigenvalue weighted by molar-refractivity contribution is -0.134. The van der Waals surface area contributed by atoms with Crippen molar-refractivity contribution in [2.75, 3.05) is 20.1 Å². The van der Waals surface area contributed by atoms with E-state index >= 15 is 0 Å². The summed E-state index contributed by atoms with van der Waals surface area (Å²) in [7, 11) is 2.17. The molecule has 0 saturated heterocycles. The van der Waals surface area contributed by atoms with Gasteiger partial charge in [-0.25, -0.2) is 0 Å². The molecule has 1 atom stereocenters. The molecule has 2 fully saturated rings. The van der Waals surface area contributed by atoms with Crippen molar-refractivity contribution in [3.63, 3.8) is 0 Å². The molecule has 1 unspecified atom stereocenters. The number of rotatable bonds is 6. The van der Waals surface area contributed by atoms with Gasteiger partial charge in [-0.2, -0.15) is 0 Å². The Morgan fingerprint density at radius 1 is 1.15 bits per heavy atom. The normalized spacial score (nSPS) is 25.1. The van der Waals surface area contributed by atoms with Crippen LogP contribution in [-0.2, 0) is 11.3 Å². The van der Waals surface area contributed by atoms with Crippen molar-refractivity contribution in [1.82, 2.24) is 19.7 Å². The second-order valence-electron chi connectivity index (χ2n) is 10.6. The monoisotopic (exact) mass is 454 g/mol. The van der Waals surface area contributed by atoms with Crippen LogP contribution in [0.1, 0.15) is 81.6 Å². The van der Waals surface area contributed by atoms with Crippen LogP contribution in [0.15, 0.2) is 22.8 Å². The Labute approximate surface area is 196 Å². The second-order valence-corrected chi connectivity index (χ2v) is 10.6. The van der Waals surface area contributed by atoms with Gasteiger partial charge in [0.05, 0.1) is 18.3 Å². The van der Waals surface area contributed by atoms with Gasteiger partial charge in [0.1, 0.15) is 11.2 Å². The second kappa shape index (κ2) is 9.16. The highest BCUT2D eigenvalue weighted by atomic mass is 16.3. The van der Waals surface area contributed by atoms with E-state index in [1.54, 1.807) is 6.26 Å². The third kappa shape index (κ3) is 4.20. The molecule has 0 spiro atoms. The number of hydrogen-bond donors (Lipinski definition) is 1. The van der Waals surface area contributed by atoms with E-state index in [0.717, 1.165) is 37.7 Å². The summed E-state index contributed by atoms with van der Waals surface area (Å²) in [4.78, 5) is 31.7. The van der Waals surface area contributed by atoms with Gasteiger partial charge in [0.2, 0.25) is 5.91 Å². The van der Waals surface area contributed by atoms with Crippen molar-refractivity contribution in [2.24, 2.45) is 0 Å². The number of nitrogens with zero attached hydrogens (tertiary/aromatic N) is 3. The van der Waals surface area contributed by atoms with Crippen LogP contribution >= 0.6 is 0 Å². The molecule has 0 radical (unpaired) electrons. The first kappa shape index (κ1) is 22.5. The zero-order chi connectivity index (χ0) is 23.0. The van der Waals surface area contributed by atoms with Crippen molar-refractivity contribution >= 4 is 22.9 Å². The minimum Gasteiger partial charge on any atom is -0.463 e. The van der Waals surface area contributed by atoms with Crippen molar-refractivity contribution in [1.29, 1.82) is 0 Å². The molecule has 3 aliphatic rings. The van der Waals surface area contributed by atoms with Crippen molar-refractivity contribution < 1.29 is 14.0 Å². The minimum atomic E-state index is -0.932. The quantitative estimate of drug-likeness (QED) is 0.711. The van der Waals surface area contributed by atoms with Crippen molar-refractivity contribution in [3.05, 3.63) is 24.1 Å². The lowest BCUT2D eigenvalue weighted by Gasteiger charge is -2.45. The van der Waals surface area contributed by atoms with Crippen molar-refractivity contribution in [2.45, 2.75) is 95.3 Å². The third-order valence-corrected chi connectivity index (χ3v) is 8.35. The van der Waals surface area contributed by atoms with Crippen LogP contribution in [0.2, 0.25) is 0 Å². The summed E-state index contributed by atoms with van der Waals surface area (Å²) >= 11 is 0. The number of hydrogen-bond acceptors (Lipinski definition) is 4. The Hall–Kier alpha value is -2.28. The average Bonchev–Trinajstić information content (AvgIpc) is 3.42. The molecule has 2 aromatic heterocycles. The van der Waals surface area contributed by atoms with Crippen LogP contribution in [0.5, 0.6) is 0 Å². The highest BCUT2D eigenvalue weighted by Crippen LogP contribution is 2.33. The maximum Gasteiger partial charge on any atom is 0.271 e. The number of nitrogens with one attached hydrogen (secondary N) is 1. The van der Waals surface area contributed by atoms with Gasteiger partial charge in [-0.1, -0.05) is 38.5 Å². The molecule has 33 heavy (non-hydrogen) atoms. The molecular weight excluding hydrogens is 416 g/mol. The number of likely N-dealkylation sites (N-methyl/N-ethyl adjacent to an activating group) is 1. The Morgan fingerprint density at radius 3 is 2.58 bits per heavy atom. The molecule has 0 bridgehead atoms. The van der Waals surface area contributed by atoms with Crippen LogP contribution < -0.4 is 5.32 Å². The lowest BCUT2D eigenvalue weighted by atomic mass is 9.91. The fraction of sp³-hybridized carbons (Fsp3) is 0.692. The Morgan fingerprint density at radius 2 is 1.85 bits per heavy atom. The highest BCUT2D eigenvalue weighted by Gasteiger charge is 2.48. The summed E-state index contributed by atoms with van der Waals surface area (Å²) in [5, 5.41) is 3.31. The number of amides is 2. The Kier molecular flexibility index (Phi) is 6.25. The van der Waals surface area contributed by atoms with E-state index < -0.39 is 5.54 Å². The molecular formula is C26H38N4O3. The van der Waals surface area contributed by atoms with Crippen molar-refractivity contribution in [3.8, 4) is 0 Å². The summed E-state index contributed by atoms with van der Waals surface area (Å²) in [6.07, 6.45) is 13.6. The molecule has 1 aliphatic heterocycles. The van der Waals surface area contributed by atoms with Gasteiger partial charge >= 0.3 is 0 Å². The van der Waals surface area contributed by atoms with Crippen LogP contribution in [-0.4, -0.2) is 63.9 Å². The zero-order valence-electron chi connectivity index (χ0n) is 20.1. The van der Waals surface area contributed by atoms with Gasteiger partial charge < -0.3 is 24.1 Å². The van der Waals surface area contributed by atoms with Gasteiger partial charge in [-0.15, -0.1) is 0 Å². The number of aromatic nitrogens is 1. The summed E-state index contributed by atoms with van der Waals surface area (Å²) in [5.41, 5.74) is 1.27. The molecule has 180 valence electrons. The van der Waals surface area contributed by atoms with E-state index in [2.05, 4.69) is 17.3 Å². The van der Waals surface area contributed by atoms with Crippen LogP contribution in [0, 0.1) is 0 Å². The van der Waals surface area contributed by atoms with E-state index in [1.807, 2.05) is 28.5 Å². The first-order chi connectivity index (χ1) is 16.0. The molecule has 0 aromatic carbocycles. The first-order valence-electron chi connectivity index (χ1n) is 12.9. The lowest BCUT2D eigenvalue weighted by Crippen LogP contribution is -2.65. The maximum atomic E-state index is 13.8. The molecule has 1 N–H and O–H groups in total. The molecule has 2 aromatic rings. The first-order valence-corrected chi connectivity index (χ1v) is 12.9. The molecule has 2 aliphatic carbocycles.